The van der Waals surface area contributed by atoms with Crippen LogP contribution in [-0.4, -0.2) is 49.6 Å². The number of carbonyl (C=O) groups is 2. The Morgan fingerprint density at radius 2 is 1.96 bits per heavy atom. The predicted molar refractivity (Wildman–Crippen MR) is 93.1 cm³/mol. The van der Waals surface area contributed by atoms with Crippen molar-refractivity contribution in [3.8, 4) is 0 Å². The molecular formula is C19H26N2O3. The molecule has 0 bridgehead atoms. The Balaban J connectivity index is 1.82. The van der Waals surface area contributed by atoms with Gasteiger partial charge in [0.2, 0.25) is 11.8 Å². The Labute approximate surface area is 143 Å². The van der Waals surface area contributed by atoms with Crippen LogP contribution in [0.1, 0.15) is 37.3 Å². The quantitative estimate of drug-likeness (QED) is 0.855. The van der Waals surface area contributed by atoms with Crippen LogP contribution >= 0.6 is 0 Å². The molecule has 1 aromatic carbocycles. The van der Waals surface area contributed by atoms with Gasteiger partial charge in [-0.1, -0.05) is 32.0 Å². The van der Waals surface area contributed by atoms with Crippen molar-refractivity contribution in [1.29, 1.82) is 0 Å². The molecule has 0 radical (unpaired) electrons. The summed E-state index contributed by atoms with van der Waals surface area (Å²) in [7, 11) is 0. The molecule has 2 fully saturated rings. The molecule has 5 heteroatoms. The van der Waals surface area contributed by atoms with E-state index in [1.165, 1.54) is 5.56 Å². The van der Waals surface area contributed by atoms with Gasteiger partial charge in [-0.3, -0.25) is 9.59 Å². The number of aryl methyl sites for hydroxylation is 1. The topological polar surface area (TPSA) is 49.9 Å². The van der Waals surface area contributed by atoms with Gasteiger partial charge in [0, 0.05) is 31.7 Å². The zero-order valence-corrected chi connectivity index (χ0v) is 14.7. The highest BCUT2D eigenvalue weighted by atomic mass is 16.5. The van der Waals surface area contributed by atoms with E-state index in [4.69, 9.17) is 4.74 Å². The van der Waals surface area contributed by atoms with Gasteiger partial charge in [0.05, 0.1) is 19.1 Å². The third-order valence-corrected chi connectivity index (χ3v) is 4.96. The monoisotopic (exact) mass is 330 g/mol. The van der Waals surface area contributed by atoms with Gasteiger partial charge in [-0.15, -0.1) is 0 Å². The van der Waals surface area contributed by atoms with Crippen molar-refractivity contribution in [3.05, 3.63) is 29.3 Å². The number of nitrogens with zero attached hydrogens (tertiary/aromatic N) is 2. The lowest BCUT2D eigenvalue weighted by molar-refractivity contribution is -0.139. The number of para-hydroxylation sites is 1. The smallest absolute Gasteiger partial charge is 0.228 e. The third-order valence-electron chi connectivity index (χ3n) is 4.96. The van der Waals surface area contributed by atoms with Gasteiger partial charge < -0.3 is 14.5 Å². The Morgan fingerprint density at radius 1 is 1.25 bits per heavy atom. The Kier molecular flexibility index (Phi) is 4.90. The zero-order valence-electron chi connectivity index (χ0n) is 14.7. The van der Waals surface area contributed by atoms with Crippen molar-refractivity contribution in [3.63, 3.8) is 0 Å². The number of benzene rings is 1. The summed E-state index contributed by atoms with van der Waals surface area (Å²) in [5, 5.41) is 0. The molecule has 2 aliphatic heterocycles. The Morgan fingerprint density at radius 3 is 2.62 bits per heavy atom. The number of ether oxygens (including phenoxy) is 1. The summed E-state index contributed by atoms with van der Waals surface area (Å²) in [5.41, 5.74) is 3.26. The molecule has 2 saturated heterocycles. The molecule has 24 heavy (non-hydrogen) atoms. The average Bonchev–Trinajstić information content (AvgIpc) is 2.96. The first-order chi connectivity index (χ1) is 11.5. The Hall–Kier alpha value is -1.88. The number of hydrogen-bond donors (Lipinski definition) is 0. The minimum atomic E-state index is -0.241. The van der Waals surface area contributed by atoms with E-state index in [2.05, 4.69) is 19.9 Å². The summed E-state index contributed by atoms with van der Waals surface area (Å²) in [6.45, 7) is 9.22. The zero-order chi connectivity index (χ0) is 17.3. The standard InChI is InChI=1S/C19H26N2O3/c1-13(2)16-6-4-5-14(3)18(16)21-12-15(11-17(21)22)19(23)20-7-9-24-10-8-20/h4-6,13,15H,7-12H2,1-3H3. The fourth-order valence-electron chi connectivity index (χ4n) is 3.65. The van der Waals surface area contributed by atoms with E-state index >= 15 is 0 Å². The number of amides is 2. The summed E-state index contributed by atoms with van der Waals surface area (Å²) in [5.74, 6) is 0.239. The molecule has 0 aromatic heterocycles. The summed E-state index contributed by atoms with van der Waals surface area (Å²) >= 11 is 0. The van der Waals surface area contributed by atoms with E-state index in [-0.39, 0.29) is 17.7 Å². The first kappa shape index (κ1) is 17.0. The Bertz CT molecular complexity index is 635. The summed E-state index contributed by atoms with van der Waals surface area (Å²) in [6, 6.07) is 6.15. The second kappa shape index (κ2) is 6.93. The fraction of sp³-hybridized carbons (Fsp3) is 0.579. The first-order valence-corrected chi connectivity index (χ1v) is 8.75. The van der Waals surface area contributed by atoms with Crippen LogP contribution in [0.3, 0.4) is 0 Å². The van der Waals surface area contributed by atoms with Crippen LogP contribution < -0.4 is 4.90 Å². The normalized spacial score (nSPS) is 21.7. The van der Waals surface area contributed by atoms with Gasteiger partial charge in [-0.2, -0.15) is 0 Å². The third kappa shape index (κ3) is 3.18. The summed E-state index contributed by atoms with van der Waals surface area (Å²) in [4.78, 5) is 29.0. The second-order valence-corrected chi connectivity index (χ2v) is 7.01. The van der Waals surface area contributed by atoms with Crippen molar-refractivity contribution < 1.29 is 14.3 Å². The van der Waals surface area contributed by atoms with Gasteiger partial charge in [0.15, 0.2) is 0 Å². The number of morpholine rings is 1. The van der Waals surface area contributed by atoms with Crippen LogP contribution in [0.2, 0.25) is 0 Å². The van der Waals surface area contributed by atoms with Crippen LogP contribution in [0, 0.1) is 12.8 Å². The number of anilines is 1. The lowest BCUT2D eigenvalue weighted by atomic mass is 9.97. The molecule has 3 rings (SSSR count). The highest BCUT2D eigenvalue weighted by Crippen LogP contribution is 2.35. The van der Waals surface area contributed by atoms with E-state index in [9.17, 15) is 9.59 Å². The van der Waals surface area contributed by atoms with Crippen molar-refractivity contribution in [1.82, 2.24) is 4.90 Å². The lowest BCUT2D eigenvalue weighted by Crippen LogP contribution is -2.44. The summed E-state index contributed by atoms with van der Waals surface area (Å²) in [6.07, 6.45) is 0.308. The minimum absolute atomic E-state index is 0.0535. The largest absolute Gasteiger partial charge is 0.378 e. The van der Waals surface area contributed by atoms with Gasteiger partial charge >= 0.3 is 0 Å². The predicted octanol–water partition coefficient (Wildman–Crippen LogP) is 2.33. The molecule has 2 amide bonds. The molecule has 0 aliphatic carbocycles. The minimum Gasteiger partial charge on any atom is -0.378 e. The van der Waals surface area contributed by atoms with Gasteiger partial charge in [0.1, 0.15) is 0 Å². The number of carbonyl (C=O) groups excluding carboxylic acids is 2. The average molecular weight is 330 g/mol. The van der Waals surface area contributed by atoms with Crippen LogP contribution in [0.15, 0.2) is 18.2 Å². The molecule has 5 nitrogen and oxygen atoms in total. The lowest BCUT2D eigenvalue weighted by Gasteiger charge is -2.29. The van der Waals surface area contributed by atoms with Crippen molar-refractivity contribution in [2.75, 3.05) is 37.7 Å². The highest BCUT2D eigenvalue weighted by molar-refractivity contribution is 6.01. The molecule has 0 spiro atoms. The first-order valence-electron chi connectivity index (χ1n) is 8.75. The second-order valence-electron chi connectivity index (χ2n) is 7.01. The maximum atomic E-state index is 12.7. The number of hydrogen-bond acceptors (Lipinski definition) is 3. The molecule has 2 aliphatic rings. The van der Waals surface area contributed by atoms with Crippen molar-refractivity contribution in [2.24, 2.45) is 5.92 Å². The van der Waals surface area contributed by atoms with Crippen molar-refractivity contribution in [2.45, 2.75) is 33.1 Å². The number of rotatable bonds is 3. The van der Waals surface area contributed by atoms with E-state index in [1.54, 1.807) is 0 Å². The fourth-order valence-corrected chi connectivity index (χ4v) is 3.65. The molecule has 0 saturated carbocycles. The molecule has 2 heterocycles. The van der Waals surface area contributed by atoms with Crippen LogP contribution in [-0.2, 0) is 14.3 Å². The van der Waals surface area contributed by atoms with Crippen LogP contribution in [0.4, 0.5) is 5.69 Å². The van der Waals surface area contributed by atoms with E-state index in [1.807, 2.05) is 28.9 Å². The molecule has 130 valence electrons. The highest BCUT2D eigenvalue weighted by Gasteiger charge is 2.38. The van der Waals surface area contributed by atoms with E-state index in [0.29, 0.717) is 45.2 Å². The van der Waals surface area contributed by atoms with Gasteiger partial charge in [0.25, 0.3) is 0 Å². The van der Waals surface area contributed by atoms with Gasteiger partial charge in [-0.25, -0.2) is 0 Å². The maximum absolute atomic E-state index is 12.7. The summed E-state index contributed by atoms with van der Waals surface area (Å²) < 4.78 is 5.31. The molecule has 0 N–H and O–H groups in total. The molecule has 1 aromatic rings. The maximum Gasteiger partial charge on any atom is 0.228 e. The van der Waals surface area contributed by atoms with Gasteiger partial charge in [-0.05, 0) is 24.0 Å². The molecule has 1 unspecified atom stereocenters. The van der Waals surface area contributed by atoms with Crippen molar-refractivity contribution >= 4 is 17.5 Å². The molecule has 1 atom stereocenters. The van der Waals surface area contributed by atoms with Crippen LogP contribution in [0.5, 0.6) is 0 Å². The van der Waals surface area contributed by atoms with E-state index < -0.39 is 0 Å². The van der Waals surface area contributed by atoms with Crippen LogP contribution in [0.25, 0.3) is 0 Å². The SMILES string of the molecule is Cc1cccc(C(C)C)c1N1CC(C(=O)N2CCOCC2)CC1=O. The van der Waals surface area contributed by atoms with E-state index in [0.717, 1.165) is 11.3 Å². The molecular weight excluding hydrogens is 304 g/mol.